The van der Waals surface area contributed by atoms with E-state index >= 15 is 0 Å². The molecule has 0 bridgehead atoms. The van der Waals surface area contributed by atoms with Gasteiger partial charge in [-0.1, -0.05) is 388 Å². The van der Waals surface area contributed by atoms with Gasteiger partial charge >= 0.3 is 0 Å². The van der Waals surface area contributed by atoms with Gasteiger partial charge in [0.2, 0.25) is 0 Å². The minimum atomic E-state index is 0.772. The second-order valence-corrected chi connectivity index (χ2v) is 39.1. The molecule has 0 atom stereocenters. The number of anilines is 9. The molecule has 0 aliphatic heterocycles. The van der Waals surface area contributed by atoms with E-state index in [4.69, 9.17) is 22.1 Å². The molecule has 686 valence electrons. The summed E-state index contributed by atoms with van der Waals surface area (Å²) in [5, 5.41) is 19.3. The van der Waals surface area contributed by atoms with Crippen LogP contribution in [0.3, 0.4) is 0 Å². The standard InChI is InChI=1S/C138H83N3O5S/c1-4-34-84(35-5-1)90-41-12-19-61-117(90)139(120-64-22-15-45-98(120)104-51-31-69-125-130(104)114-75-72-87-40-10-11-44-93(87)133(114)143-125)88-73-76-102-110-57-28-56-107(134(110)146-128(102)82-88)94-49-26-54-108-96(94)78-80-115-131-105(52-32-70-126(131)144-135(108)115)99-46-16-23-65-121(99)140(118-62-20-13-42-91(118)85-36-6-2-7-37-85)89-74-77-103-113-60-29-59-112(138(113)147-129(103)83-89)95-50-27-55-109-97(95)79-81-116-132-106(53-33-71-127(132)145-136(109)116)100-47-17-24-66-122(100)141(119-63-21-14-43-92(119)86-38-8-3-9-39-86)123-67-30-58-111-101-48-18-25-68-124(101)142-137(111)123/h1-83H. The molecule has 0 aliphatic carbocycles. The molecule has 0 saturated heterocycles. The van der Waals surface area contributed by atoms with Crippen molar-refractivity contribution >= 4 is 225 Å². The number of furan rings is 5. The van der Waals surface area contributed by atoms with E-state index in [9.17, 15) is 0 Å². The van der Waals surface area contributed by atoms with E-state index in [0.29, 0.717) is 0 Å². The summed E-state index contributed by atoms with van der Waals surface area (Å²) in [6.45, 7) is 0. The molecule has 0 amide bonds. The summed E-state index contributed by atoms with van der Waals surface area (Å²) >= 11 is 1.85. The zero-order valence-electron chi connectivity index (χ0n) is 79.2. The van der Waals surface area contributed by atoms with Gasteiger partial charge in [-0.2, -0.15) is 0 Å². The molecule has 30 aromatic rings. The molecule has 147 heavy (non-hydrogen) atoms. The average Bonchev–Trinajstić information content (AvgIpc) is 1.59. The van der Waals surface area contributed by atoms with E-state index in [-0.39, 0.29) is 0 Å². The van der Waals surface area contributed by atoms with Crippen molar-refractivity contribution in [2.75, 3.05) is 14.7 Å². The zero-order chi connectivity index (χ0) is 96.4. The van der Waals surface area contributed by atoms with Crippen molar-refractivity contribution in [2.24, 2.45) is 0 Å². The van der Waals surface area contributed by atoms with Gasteiger partial charge in [0.25, 0.3) is 0 Å². The maximum Gasteiger partial charge on any atom is 0.159 e. The quantitative estimate of drug-likeness (QED) is 0.0893. The molecule has 9 heteroatoms. The summed E-state index contributed by atoms with van der Waals surface area (Å²) in [6, 6.07) is 182. The molecule has 30 rings (SSSR count). The van der Waals surface area contributed by atoms with Gasteiger partial charge in [-0.05, 0) is 170 Å². The van der Waals surface area contributed by atoms with Crippen LogP contribution >= 0.6 is 11.3 Å². The fraction of sp³-hybridized carbons (Fsp3) is 0. The molecule has 0 aliphatic rings. The molecule has 0 spiro atoms. The van der Waals surface area contributed by atoms with E-state index < -0.39 is 0 Å². The topological polar surface area (TPSA) is 75.4 Å². The average molecular weight is 1900 g/mol. The van der Waals surface area contributed by atoms with Gasteiger partial charge in [0.05, 0.1) is 39.8 Å². The van der Waals surface area contributed by atoms with Gasteiger partial charge in [-0.25, -0.2) is 0 Å². The highest BCUT2D eigenvalue weighted by atomic mass is 32.1. The van der Waals surface area contributed by atoms with E-state index in [1.807, 2.05) is 17.4 Å². The molecular weight excluding hydrogens is 1810 g/mol. The minimum Gasteiger partial charge on any atom is -0.455 e. The highest BCUT2D eigenvalue weighted by molar-refractivity contribution is 7.26. The van der Waals surface area contributed by atoms with Gasteiger partial charge in [0.15, 0.2) is 5.58 Å². The summed E-state index contributed by atoms with van der Waals surface area (Å²) in [4.78, 5) is 7.29. The van der Waals surface area contributed by atoms with Crippen molar-refractivity contribution in [1.29, 1.82) is 0 Å². The highest BCUT2D eigenvalue weighted by Crippen LogP contribution is 2.57. The van der Waals surface area contributed by atoms with E-state index in [2.05, 4.69) is 512 Å². The van der Waals surface area contributed by atoms with Crippen molar-refractivity contribution < 1.29 is 22.1 Å². The Kier molecular flexibility index (Phi) is 19.1. The number of benzene rings is 24. The van der Waals surface area contributed by atoms with Crippen molar-refractivity contribution in [3.8, 4) is 89.0 Å². The van der Waals surface area contributed by atoms with Crippen LogP contribution in [-0.2, 0) is 0 Å². The SMILES string of the molecule is c1ccc(-c2ccccc2N(c2ccc3c(c2)oc2c(-c4cccc5c4ccc4c5oc5cccc(-c6ccccc6N(c6ccc7c(c6)sc6c(-c8cccc9c8ccc8c9oc9cccc(-c%10ccccc%10N(c%10ccccc%10-c%10ccccc%10)c%10cccc%11c%10oc%10ccccc%10%11)c98)cccc67)c6ccccc6-c6ccccc6)c54)cccc23)c2ccccc2-c2cccc3oc4c5ccccc5ccc4c23)cc1. The Bertz CT molecular complexity index is 10700. The number of thiophene rings is 1. The van der Waals surface area contributed by atoms with Gasteiger partial charge in [0, 0.05) is 152 Å². The molecule has 8 nitrogen and oxygen atoms in total. The smallest absolute Gasteiger partial charge is 0.159 e. The Morgan fingerprint density at radius 1 is 0.150 bits per heavy atom. The first-order valence-electron chi connectivity index (χ1n) is 50.0. The summed E-state index contributed by atoms with van der Waals surface area (Å²) in [5.74, 6) is 0. The number of rotatable bonds is 17. The first-order chi connectivity index (χ1) is 73.0. The minimum absolute atomic E-state index is 0.772. The van der Waals surface area contributed by atoms with Crippen LogP contribution in [0.1, 0.15) is 0 Å². The normalized spacial score (nSPS) is 11.9. The van der Waals surface area contributed by atoms with Crippen LogP contribution in [0.15, 0.2) is 526 Å². The highest BCUT2D eigenvalue weighted by Gasteiger charge is 2.32. The van der Waals surface area contributed by atoms with Crippen LogP contribution in [0.4, 0.5) is 51.2 Å². The maximum atomic E-state index is 7.41. The van der Waals surface area contributed by atoms with Crippen LogP contribution in [0.5, 0.6) is 0 Å². The molecule has 6 aromatic heterocycles. The third-order valence-corrected chi connectivity index (χ3v) is 31.3. The van der Waals surface area contributed by atoms with Crippen molar-refractivity contribution in [2.45, 2.75) is 0 Å². The molecule has 0 radical (unpaired) electrons. The van der Waals surface area contributed by atoms with Crippen LogP contribution in [0.2, 0.25) is 0 Å². The third kappa shape index (κ3) is 13.2. The zero-order valence-corrected chi connectivity index (χ0v) is 80.0. The van der Waals surface area contributed by atoms with Crippen LogP contribution in [-0.4, -0.2) is 0 Å². The van der Waals surface area contributed by atoms with Gasteiger partial charge < -0.3 is 36.8 Å². The largest absolute Gasteiger partial charge is 0.455 e. The lowest BCUT2D eigenvalue weighted by Gasteiger charge is -2.30. The fourth-order valence-electron chi connectivity index (χ4n) is 23.6. The molecule has 0 unspecified atom stereocenters. The molecular formula is C138H83N3O5S. The Morgan fingerprint density at radius 2 is 0.456 bits per heavy atom. The number of nitrogens with zero attached hydrogens (tertiary/aromatic N) is 3. The monoisotopic (exact) mass is 1890 g/mol. The summed E-state index contributed by atoms with van der Waals surface area (Å²) in [5.41, 5.74) is 34.6. The lowest BCUT2D eigenvalue weighted by molar-refractivity contribution is 0.669. The maximum absolute atomic E-state index is 7.41. The molecule has 0 fully saturated rings. The van der Waals surface area contributed by atoms with Crippen molar-refractivity contribution in [3.05, 3.63) is 504 Å². The van der Waals surface area contributed by atoms with Crippen molar-refractivity contribution in [3.63, 3.8) is 0 Å². The Labute approximate surface area is 847 Å². The van der Waals surface area contributed by atoms with Crippen LogP contribution in [0, 0.1) is 0 Å². The van der Waals surface area contributed by atoms with Gasteiger partial charge in [-0.15, -0.1) is 11.3 Å². The lowest BCUT2D eigenvalue weighted by atomic mass is 9.93. The first-order valence-corrected chi connectivity index (χ1v) is 50.8. The van der Waals surface area contributed by atoms with E-state index in [0.717, 1.165) is 282 Å². The van der Waals surface area contributed by atoms with Crippen LogP contribution < -0.4 is 14.7 Å². The Hall–Kier alpha value is -19.3. The third-order valence-electron chi connectivity index (χ3n) is 30.1. The number of fused-ring (bicyclic) bond motifs is 24. The first kappa shape index (κ1) is 83.5. The second-order valence-electron chi connectivity index (χ2n) is 38.1. The molecule has 6 heterocycles. The summed E-state index contributed by atoms with van der Waals surface area (Å²) in [6.07, 6.45) is 0. The Balaban J connectivity index is 0.522. The number of hydrogen-bond donors (Lipinski definition) is 0. The van der Waals surface area contributed by atoms with Gasteiger partial charge in [0.1, 0.15) is 50.2 Å². The van der Waals surface area contributed by atoms with Crippen molar-refractivity contribution in [1.82, 2.24) is 0 Å². The molecule has 0 saturated carbocycles. The molecule has 0 N–H and O–H groups in total. The summed E-state index contributed by atoms with van der Waals surface area (Å²) in [7, 11) is 0. The van der Waals surface area contributed by atoms with Crippen LogP contribution in [0.25, 0.3) is 251 Å². The Morgan fingerprint density at radius 3 is 0.980 bits per heavy atom. The number of para-hydroxylation sites is 9. The summed E-state index contributed by atoms with van der Waals surface area (Å²) < 4.78 is 38.2. The second kappa shape index (κ2) is 33.7. The number of hydrogen-bond acceptors (Lipinski definition) is 9. The predicted molar refractivity (Wildman–Crippen MR) is 616 cm³/mol. The fourth-order valence-corrected chi connectivity index (χ4v) is 24.9. The van der Waals surface area contributed by atoms with Gasteiger partial charge in [-0.3, -0.25) is 0 Å². The van der Waals surface area contributed by atoms with E-state index in [1.165, 1.54) is 20.2 Å². The lowest BCUT2D eigenvalue weighted by Crippen LogP contribution is -2.12. The predicted octanol–water partition coefficient (Wildman–Crippen LogP) is 40.8. The van der Waals surface area contributed by atoms with E-state index in [1.54, 1.807) is 0 Å². The molecule has 24 aromatic carbocycles.